The second-order valence-corrected chi connectivity index (χ2v) is 8.78. The Labute approximate surface area is 229 Å². The number of carboxylic acids is 1. The highest BCUT2D eigenvalue weighted by Gasteiger charge is 2.21. The number of aromatic amines is 1. The molecular formula is C30H25ClFN3O4. The fourth-order valence-corrected chi connectivity index (χ4v) is 4.16. The zero-order valence-electron chi connectivity index (χ0n) is 21.0. The molecule has 7 nitrogen and oxygen atoms in total. The number of allylic oxidation sites excluding steroid dienone is 4. The van der Waals surface area contributed by atoms with Crippen LogP contribution in [0.4, 0.5) is 4.39 Å². The van der Waals surface area contributed by atoms with Crippen molar-refractivity contribution < 1.29 is 23.8 Å². The first-order valence-corrected chi connectivity index (χ1v) is 12.4. The molecular weight excluding hydrogens is 521 g/mol. The fraction of sp³-hybridized carbons (Fsp3) is 0.100. The third-order valence-corrected chi connectivity index (χ3v) is 6.20. The van der Waals surface area contributed by atoms with E-state index in [1.54, 1.807) is 12.1 Å². The number of amides is 1. The van der Waals surface area contributed by atoms with Crippen LogP contribution in [0.2, 0.25) is 0 Å². The van der Waals surface area contributed by atoms with Gasteiger partial charge in [-0.05, 0) is 41.3 Å². The van der Waals surface area contributed by atoms with Gasteiger partial charge in [0.25, 0.3) is 5.91 Å². The van der Waals surface area contributed by atoms with Crippen molar-refractivity contribution in [1.29, 1.82) is 0 Å². The summed E-state index contributed by atoms with van der Waals surface area (Å²) in [6.45, 7) is 4.51. The summed E-state index contributed by atoms with van der Waals surface area (Å²) in [6.07, 6.45) is 3.78. The number of nitrogens with one attached hydrogen (secondary N) is 2. The van der Waals surface area contributed by atoms with Crippen LogP contribution >= 0.6 is 11.6 Å². The number of carbonyl (C=O) groups excluding carboxylic acids is 1. The van der Waals surface area contributed by atoms with Crippen molar-refractivity contribution in [3.8, 4) is 5.75 Å². The lowest BCUT2D eigenvalue weighted by atomic mass is 9.92. The highest BCUT2D eigenvalue weighted by molar-refractivity contribution is 6.25. The molecule has 4 rings (SSSR count). The Balaban J connectivity index is 1.64. The van der Waals surface area contributed by atoms with E-state index < -0.39 is 11.8 Å². The Morgan fingerprint density at radius 3 is 2.62 bits per heavy atom. The monoisotopic (exact) mass is 545 g/mol. The quantitative estimate of drug-likeness (QED) is 0.205. The number of aromatic carboxylic acids is 1. The molecule has 198 valence electrons. The summed E-state index contributed by atoms with van der Waals surface area (Å²) in [4.78, 5) is 32.5. The second-order valence-electron chi connectivity index (χ2n) is 8.52. The zero-order chi connectivity index (χ0) is 27.9. The highest BCUT2D eigenvalue weighted by atomic mass is 35.5. The molecule has 3 N–H and O–H groups in total. The van der Waals surface area contributed by atoms with E-state index in [0.717, 1.165) is 5.56 Å². The van der Waals surface area contributed by atoms with Crippen molar-refractivity contribution in [2.75, 3.05) is 13.7 Å². The largest absolute Gasteiger partial charge is 0.494 e. The number of H-pyrrole nitrogens is 1. The van der Waals surface area contributed by atoms with Gasteiger partial charge in [0, 0.05) is 35.3 Å². The molecule has 39 heavy (non-hydrogen) atoms. The van der Waals surface area contributed by atoms with Crippen LogP contribution in [0.25, 0.3) is 22.2 Å². The maximum absolute atomic E-state index is 14.2. The van der Waals surface area contributed by atoms with Crippen molar-refractivity contribution in [3.63, 3.8) is 0 Å². The Morgan fingerprint density at radius 2 is 1.92 bits per heavy atom. The summed E-state index contributed by atoms with van der Waals surface area (Å²) in [7, 11) is 1.36. The van der Waals surface area contributed by atoms with Gasteiger partial charge in [-0.3, -0.25) is 4.79 Å². The van der Waals surface area contributed by atoms with E-state index >= 15 is 0 Å². The van der Waals surface area contributed by atoms with Crippen LogP contribution in [0.1, 0.15) is 37.7 Å². The standard InChI is InChI=1S/C30H25ClFN3O4/c1-18(22(9-6-13-31)28-34-25-16-24(32)27(39-2)17-26(25)35-28)21-11-10-20(15-23(21)30(37)38)29(36)33-14-12-19-7-4-3-5-8-19/h3-11,13,15-17H,1,12,14H2,2H3,(H,33,36)(H,34,35)(H,37,38)/b13-6-,22-9+. The lowest BCUT2D eigenvalue weighted by Crippen LogP contribution is -2.26. The molecule has 0 atom stereocenters. The molecule has 1 aromatic heterocycles. The number of hydrogen-bond acceptors (Lipinski definition) is 4. The first-order chi connectivity index (χ1) is 18.8. The number of aromatic nitrogens is 2. The summed E-state index contributed by atoms with van der Waals surface area (Å²) in [5.74, 6) is -1.82. The second kappa shape index (κ2) is 12.2. The molecule has 4 aromatic rings. The number of ether oxygens (including phenoxy) is 1. The smallest absolute Gasteiger partial charge is 0.336 e. The molecule has 0 fully saturated rings. The van der Waals surface area contributed by atoms with Gasteiger partial charge in [0.2, 0.25) is 0 Å². The van der Waals surface area contributed by atoms with Crippen LogP contribution in [-0.2, 0) is 6.42 Å². The normalized spacial score (nSPS) is 11.6. The average molecular weight is 546 g/mol. The molecule has 0 aliphatic carbocycles. The summed E-state index contributed by atoms with van der Waals surface area (Å²) in [5, 5.41) is 12.8. The molecule has 0 bridgehead atoms. The molecule has 0 saturated heterocycles. The van der Waals surface area contributed by atoms with Crippen LogP contribution in [-0.4, -0.2) is 40.6 Å². The number of methoxy groups -OCH3 is 1. The van der Waals surface area contributed by atoms with Gasteiger partial charge in [-0.2, -0.15) is 0 Å². The van der Waals surface area contributed by atoms with E-state index in [-0.39, 0.29) is 28.3 Å². The SMILES string of the molecule is C=C(/C(=C\C=C/Cl)c1nc2cc(OC)c(F)cc2[nH]1)c1ccc(C(=O)NCCc2ccccc2)cc1C(=O)O. The van der Waals surface area contributed by atoms with Gasteiger partial charge in [-0.1, -0.05) is 60.7 Å². The van der Waals surface area contributed by atoms with Crippen molar-refractivity contribution in [2.24, 2.45) is 0 Å². The van der Waals surface area contributed by atoms with Crippen molar-refractivity contribution in [3.05, 3.63) is 119 Å². The molecule has 1 heterocycles. The molecule has 0 unspecified atom stereocenters. The number of benzene rings is 3. The van der Waals surface area contributed by atoms with Crippen LogP contribution in [0.5, 0.6) is 5.75 Å². The van der Waals surface area contributed by atoms with Crippen LogP contribution < -0.4 is 10.1 Å². The van der Waals surface area contributed by atoms with E-state index in [4.69, 9.17) is 16.3 Å². The third kappa shape index (κ3) is 6.25. The number of carbonyl (C=O) groups is 2. The molecule has 0 aliphatic heterocycles. The van der Waals surface area contributed by atoms with Gasteiger partial charge in [0.05, 0.1) is 23.7 Å². The molecule has 0 radical (unpaired) electrons. The van der Waals surface area contributed by atoms with Crippen LogP contribution in [0, 0.1) is 5.82 Å². The van der Waals surface area contributed by atoms with Crippen LogP contribution in [0.15, 0.2) is 84.9 Å². The summed E-state index contributed by atoms with van der Waals surface area (Å²) in [5.41, 5.74) is 4.31. The van der Waals surface area contributed by atoms with Crippen molar-refractivity contribution >= 4 is 45.7 Å². The van der Waals surface area contributed by atoms with E-state index in [2.05, 4.69) is 21.9 Å². The number of carboxylic acid groups (broad SMARTS) is 1. The van der Waals surface area contributed by atoms with E-state index in [1.165, 1.54) is 43.0 Å². The first-order valence-electron chi connectivity index (χ1n) is 11.9. The van der Waals surface area contributed by atoms with E-state index in [0.29, 0.717) is 41.0 Å². The minimum Gasteiger partial charge on any atom is -0.494 e. The third-order valence-electron chi connectivity index (χ3n) is 6.05. The molecule has 0 saturated carbocycles. The maximum Gasteiger partial charge on any atom is 0.336 e. The number of rotatable bonds is 10. The maximum atomic E-state index is 14.2. The number of nitrogens with zero attached hydrogens (tertiary/aromatic N) is 1. The number of halogens is 2. The number of fused-ring (bicyclic) bond motifs is 1. The van der Waals surface area contributed by atoms with Crippen molar-refractivity contribution in [1.82, 2.24) is 15.3 Å². The Kier molecular flexibility index (Phi) is 8.58. The summed E-state index contributed by atoms with van der Waals surface area (Å²) >= 11 is 5.75. The van der Waals surface area contributed by atoms with E-state index in [1.807, 2.05) is 30.3 Å². The van der Waals surface area contributed by atoms with Crippen molar-refractivity contribution in [2.45, 2.75) is 6.42 Å². The average Bonchev–Trinajstić information content (AvgIpc) is 3.35. The Bertz CT molecular complexity index is 1610. The summed E-state index contributed by atoms with van der Waals surface area (Å²) in [6, 6.07) is 16.8. The van der Waals surface area contributed by atoms with Gasteiger partial charge >= 0.3 is 5.97 Å². The van der Waals surface area contributed by atoms with E-state index in [9.17, 15) is 19.1 Å². The van der Waals surface area contributed by atoms with Gasteiger partial charge in [0.1, 0.15) is 5.82 Å². The minimum absolute atomic E-state index is 0.0383. The minimum atomic E-state index is -1.23. The Hall–Kier alpha value is -4.69. The van der Waals surface area contributed by atoms with Gasteiger partial charge < -0.3 is 20.1 Å². The lowest BCUT2D eigenvalue weighted by Gasteiger charge is -2.13. The fourth-order valence-electron chi connectivity index (χ4n) is 4.09. The molecule has 1 amide bonds. The number of hydrogen-bond donors (Lipinski definition) is 3. The van der Waals surface area contributed by atoms with Gasteiger partial charge in [-0.15, -0.1) is 0 Å². The zero-order valence-corrected chi connectivity index (χ0v) is 21.8. The first kappa shape index (κ1) is 27.3. The topological polar surface area (TPSA) is 104 Å². The van der Waals surface area contributed by atoms with Crippen LogP contribution in [0.3, 0.4) is 0 Å². The summed E-state index contributed by atoms with van der Waals surface area (Å²) < 4.78 is 19.3. The predicted octanol–water partition coefficient (Wildman–Crippen LogP) is 6.23. The number of imidazole rings is 1. The Morgan fingerprint density at radius 1 is 1.15 bits per heavy atom. The highest BCUT2D eigenvalue weighted by Crippen LogP contribution is 2.33. The van der Waals surface area contributed by atoms with Gasteiger partial charge in [-0.25, -0.2) is 14.2 Å². The molecule has 9 heteroatoms. The molecule has 3 aromatic carbocycles. The molecule has 0 aliphatic rings. The lowest BCUT2D eigenvalue weighted by molar-refractivity contribution is 0.0696. The van der Waals surface area contributed by atoms with Gasteiger partial charge in [0.15, 0.2) is 11.6 Å². The molecule has 0 spiro atoms. The predicted molar refractivity (Wildman–Crippen MR) is 150 cm³/mol.